The second-order valence-corrected chi connectivity index (χ2v) is 2.94. The monoisotopic (exact) mass is 225 g/mol. The number of nitro benzene ring substituents is 1. The van der Waals surface area contributed by atoms with Crippen molar-refractivity contribution >= 4 is 17.3 Å². The first kappa shape index (κ1) is 11.8. The average Bonchev–Trinajstić information content (AvgIpc) is 2.26. The highest BCUT2D eigenvalue weighted by Gasteiger charge is 2.20. The van der Waals surface area contributed by atoms with E-state index in [9.17, 15) is 14.9 Å². The molecular weight excluding hydrogens is 214 g/mol. The topological polar surface area (TPSA) is 107 Å². The standard InChI is InChI=1S/C9H11N3O4/c1-11-8-6(12(14)15)3-5(9(10)13)4-7(8)16-2/h3-4,11H,1-2H3,(H2,10,13). The lowest BCUT2D eigenvalue weighted by molar-refractivity contribution is -0.384. The van der Waals surface area contributed by atoms with Crippen molar-refractivity contribution in [2.24, 2.45) is 5.73 Å². The summed E-state index contributed by atoms with van der Waals surface area (Å²) in [5, 5.41) is 13.4. The van der Waals surface area contributed by atoms with Crippen LogP contribution >= 0.6 is 0 Å². The predicted octanol–water partition coefficient (Wildman–Crippen LogP) is 0.744. The van der Waals surface area contributed by atoms with E-state index < -0.39 is 10.8 Å². The minimum absolute atomic E-state index is 0.0301. The van der Waals surface area contributed by atoms with Crippen molar-refractivity contribution in [2.75, 3.05) is 19.5 Å². The predicted molar refractivity (Wildman–Crippen MR) is 57.7 cm³/mol. The van der Waals surface area contributed by atoms with Gasteiger partial charge < -0.3 is 15.8 Å². The van der Waals surface area contributed by atoms with Crippen LogP contribution in [-0.4, -0.2) is 25.0 Å². The summed E-state index contributed by atoms with van der Waals surface area (Å²) in [4.78, 5) is 21.1. The molecule has 0 unspecified atom stereocenters. The molecular formula is C9H11N3O4. The number of methoxy groups -OCH3 is 1. The van der Waals surface area contributed by atoms with Crippen LogP contribution < -0.4 is 15.8 Å². The molecule has 0 bridgehead atoms. The van der Waals surface area contributed by atoms with Gasteiger partial charge in [0.05, 0.1) is 12.0 Å². The van der Waals surface area contributed by atoms with Gasteiger partial charge in [0.2, 0.25) is 5.91 Å². The summed E-state index contributed by atoms with van der Waals surface area (Å²) < 4.78 is 4.94. The highest BCUT2D eigenvalue weighted by atomic mass is 16.6. The third-order valence-electron chi connectivity index (χ3n) is 2.03. The molecule has 86 valence electrons. The fourth-order valence-corrected chi connectivity index (χ4v) is 1.30. The van der Waals surface area contributed by atoms with E-state index >= 15 is 0 Å². The van der Waals surface area contributed by atoms with Gasteiger partial charge in [0.25, 0.3) is 5.69 Å². The van der Waals surface area contributed by atoms with Crippen LogP contribution in [0.4, 0.5) is 11.4 Å². The maximum Gasteiger partial charge on any atom is 0.296 e. The molecule has 0 aliphatic carbocycles. The summed E-state index contributed by atoms with van der Waals surface area (Å²) in [5.41, 5.74) is 5.04. The van der Waals surface area contributed by atoms with Gasteiger partial charge in [0.1, 0.15) is 5.75 Å². The van der Waals surface area contributed by atoms with Gasteiger partial charge >= 0.3 is 0 Å². The fraction of sp³-hybridized carbons (Fsp3) is 0.222. The van der Waals surface area contributed by atoms with E-state index in [4.69, 9.17) is 10.5 Å². The number of ether oxygens (including phenoxy) is 1. The van der Waals surface area contributed by atoms with Crippen molar-refractivity contribution in [3.8, 4) is 5.75 Å². The molecule has 0 saturated heterocycles. The molecule has 0 spiro atoms. The zero-order chi connectivity index (χ0) is 12.3. The van der Waals surface area contributed by atoms with Gasteiger partial charge in [0, 0.05) is 18.7 Å². The minimum Gasteiger partial charge on any atom is -0.494 e. The normalized spacial score (nSPS) is 9.62. The number of rotatable bonds is 4. The third-order valence-corrected chi connectivity index (χ3v) is 2.03. The lowest BCUT2D eigenvalue weighted by atomic mass is 10.1. The number of benzene rings is 1. The molecule has 0 aliphatic rings. The number of amides is 1. The van der Waals surface area contributed by atoms with Crippen LogP contribution in [0.2, 0.25) is 0 Å². The highest BCUT2D eigenvalue weighted by molar-refractivity contribution is 5.95. The molecule has 16 heavy (non-hydrogen) atoms. The molecule has 1 aromatic rings. The summed E-state index contributed by atoms with van der Waals surface area (Å²) >= 11 is 0. The van der Waals surface area contributed by atoms with E-state index in [1.54, 1.807) is 0 Å². The number of nitrogens with one attached hydrogen (secondary N) is 1. The zero-order valence-corrected chi connectivity index (χ0v) is 8.81. The molecule has 1 rings (SSSR count). The van der Waals surface area contributed by atoms with Crippen molar-refractivity contribution < 1.29 is 14.5 Å². The summed E-state index contributed by atoms with van der Waals surface area (Å²) in [6.07, 6.45) is 0. The van der Waals surface area contributed by atoms with E-state index in [2.05, 4.69) is 5.32 Å². The zero-order valence-electron chi connectivity index (χ0n) is 8.81. The van der Waals surface area contributed by atoms with E-state index in [0.717, 1.165) is 6.07 Å². The SMILES string of the molecule is CNc1c(OC)cc(C(N)=O)cc1[N+](=O)[O-]. The maximum absolute atomic E-state index is 11.0. The fourth-order valence-electron chi connectivity index (χ4n) is 1.30. The first-order chi connectivity index (χ1) is 7.51. The van der Waals surface area contributed by atoms with Gasteiger partial charge in [0.15, 0.2) is 5.69 Å². The average molecular weight is 225 g/mol. The second kappa shape index (κ2) is 4.47. The van der Waals surface area contributed by atoms with Crippen LogP contribution in [0.3, 0.4) is 0 Å². The number of anilines is 1. The largest absolute Gasteiger partial charge is 0.494 e. The van der Waals surface area contributed by atoms with Crippen molar-refractivity contribution in [1.82, 2.24) is 0 Å². The first-order valence-corrected chi connectivity index (χ1v) is 4.35. The molecule has 0 radical (unpaired) electrons. The molecule has 1 amide bonds. The van der Waals surface area contributed by atoms with Crippen LogP contribution in [0, 0.1) is 10.1 Å². The Balaban J connectivity index is 3.49. The Hall–Kier alpha value is -2.31. The summed E-state index contributed by atoms with van der Waals surface area (Å²) in [6, 6.07) is 2.46. The summed E-state index contributed by atoms with van der Waals surface area (Å²) in [6.45, 7) is 0. The summed E-state index contributed by atoms with van der Waals surface area (Å²) in [7, 11) is 2.87. The van der Waals surface area contributed by atoms with Gasteiger partial charge in [-0.25, -0.2) is 0 Å². The number of primary amides is 1. The smallest absolute Gasteiger partial charge is 0.296 e. The number of nitro groups is 1. The van der Waals surface area contributed by atoms with Gasteiger partial charge in [-0.2, -0.15) is 0 Å². The molecule has 0 aliphatic heterocycles. The van der Waals surface area contributed by atoms with Crippen LogP contribution in [0.1, 0.15) is 10.4 Å². The molecule has 0 saturated carbocycles. The lowest BCUT2D eigenvalue weighted by Crippen LogP contribution is -2.12. The number of carbonyl (C=O) groups is 1. The molecule has 0 fully saturated rings. The lowest BCUT2D eigenvalue weighted by Gasteiger charge is -2.09. The van der Waals surface area contributed by atoms with Gasteiger partial charge in [-0.1, -0.05) is 0 Å². The van der Waals surface area contributed by atoms with Crippen LogP contribution in [0.15, 0.2) is 12.1 Å². The van der Waals surface area contributed by atoms with E-state index in [1.165, 1.54) is 20.2 Å². The van der Waals surface area contributed by atoms with Gasteiger partial charge in [-0.3, -0.25) is 14.9 Å². The molecule has 7 heteroatoms. The molecule has 0 atom stereocenters. The van der Waals surface area contributed by atoms with Gasteiger partial charge in [-0.05, 0) is 6.07 Å². The number of nitrogens with two attached hydrogens (primary N) is 1. The number of carbonyl (C=O) groups excluding carboxylic acids is 1. The Morgan fingerprint density at radius 2 is 2.19 bits per heavy atom. The molecule has 1 aromatic carbocycles. The van der Waals surface area contributed by atoms with Crippen molar-refractivity contribution in [3.05, 3.63) is 27.8 Å². The van der Waals surface area contributed by atoms with E-state index in [0.29, 0.717) is 0 Å². The first-order valence-electron chi connectivity index (χ1n) is 4.35. The number of hydrogen-bond acceptors (Lipinski definition) is 5. The van der Waals surface area contributed by atoms with Crippen molar-refractivity contribution in [3.63, 3.8) is 0 Å². The molecule has 3 N–H and O–H groups in total. The van der Waals surface area contributed by atoms with E-state index in [1.807, 2.05) is 0 Å². The number of hydrogen-bond donors (Lipinski definition) is 2. The third kappa shape index (κ3) is 2.02. The number of nitrogens with zero attached hydrogens (tertiary/aromatic N) is 1. The highest BCUT2D eigenvalue weighted by Crippen LogP contribution is 2.35. The Bertz CT molecular complexity index is 445. The molecule has 0 aromatic heterocycles. The van der Waals surface area contributed by atoms with Crippen LogP contribution in [0.25, 0.3) is 0 Å². The Morgan fingerprint density at radius 1 is 1.56 bits per heavy atom. The van der Waals surface area contributed by atoms with Crippen LogP contribution in [-0.2, 0) is 0 Å². The Labute approximate surface area is 91.3 Å². The molecule has 7 nitrogen and oxygen atoms in total. The van der Waals surface area contributed by atoms with Gasteiger partial charge in [-0.15, -0.1) is 0 Å². The van der Waals surface area contributed by atoms with Crippen molar-refractivity contribution in [2.45, 2.75) is 0 Å². The second-order valence-electron chi connectivity index (χ2n) is 2.94. The Morgan fingerprint density at radius 3 is 2.56 bits per heavy atom. The Kier molecular flexibility index (Phi) is 3.29. The van der Waals surface area contributed by atoms with E-state index in [-0.39, 0.29) is 22.7 Å². The molecule has 0 heterocycles. The summed E-state index contributed by atoms with van der Waals surface area (Å²) in [5.74, 6) is -0.547. The minimum atomic E-state index is -0.746. The van der Waals surface area contributed by atoms with Crippen LogP contribution in [0.5, 0.6) is 5.75 Å². The van der Waals surface area contributed by atoms with Crippen molar-refractivity contribution in [1.29, 1.82) is 0 Å². The quantitative estimate of drug-likeness (QED) is 0.580. The maximum atomic E-state index is 11.0.